The first-order chi connectivity index (χ1) is 7.72. The van der Waals surface area contributed by atoms with Crippen molar-refractivity contribution in [2.45, 2.75) is 65.0 Å². The highest BCUT2D eigenvalue weighted by Crippen LogP contribution is 2.37. The Morgan fingerprint density at radius 3 is 2.44 bits per heavy atom. The van der Waals surface area contributed by atoms with Crippen LogP contribution in [0.2, 0.25) is 0 Å². The van der Waals surface area contributed by atoms with E-state index in [9.17, 15) is 0 Å². The monoisotopic (exact) mass is 227 g/mol. The lowest BCUT2D eigenvalue weighted by molar-refractivity contribution is 0.0150. The molecule has 0 aromatic heterocycles. The van der Waals surface area contributed by atoms with E-state index in [1.54, 1.807) is 0 Å². The van der Waals surface area contributed by atoms with Crippen molar-refractivity contribution < 1.29 is 4.74 Å². The predicted octanol–water partition coefficient (Wildman–Crippen LogP) is 3.22. The summed E-state index contributed by atoms with van der Waals surface area (Å²) in [6, 6.07) is 0.550. The van der Waals surface area contributed by atoms with Gasteiger partial charge in [-0.05, 0) is 45.1 Å². The Morgan fingerprint density at radius 2 is 2.00 bits per heavy atom. The Balaban J connectivity index is 2.42. The Morgan fingerprint density at radius 1 is 1.31 bits per heavy atom. The largest absolute Gasteiger partial charge is 0.377 e. The average molecular weight is 227 g/mol. The highest BCUT2D eigenvalue weighted by molar-refractivity contribution is 4.90. The van der Waals surface area contributed by atoms with Gasteiger partial charge in [0.2, 0.25) is 0 Å². The second-order valence-electron chi connectivity index (χ2n) is 5.28. The van der Waals surface area contributed by atoms with Gasteiger partial charge in [-0.25, -0.2) is 0 Å². The van der Waals surface area contributed by atoms with Gasteiger partial charge in [0.1, 0.15) is 0 Å². The molecule has 2 heteroatoms. The molecule has 0 heterocycles. The minimum absolute atomic E-state index is 0.453. The van der Waals surface area contributed by atoms with Crippen LogP contribution in [0.3, 0.4) is 0 Å². The van der Waals surface area contributed by atoms with E-state index in [1.807, 2.05) is 0 Å². The zero-order valence-corrected chi connectivity index (χ0v) is 11.5. The van der Waals surface area contributed by atoms with Crippen LogP contribution in [0, 0.1) is 11.8 Å². The fourth-order valence-electron chi connectivity index (χ4n) is 2.66. The normalized spacial score (nSPS) is 21.8. The molecule has 0 radical (unpaired) electrons. The molecular formula is C14H29NO. The van der Waals surface area contributed by atoms with E-state index in [4.69, 9.17) is 4.74 Å². The lowest BCUT2D eigenvalue weighted by atomic mass is 9.92. The number of nitrogens with one attached hydrogen (secondary N) is 1. The van der Waals surface area contributed by atoms with Gasteiger partial charge < -0.3 is 10.1 Å². The van der Waals surface area contributed by atoms with Crippen molar-refractivity contribution >= 4 is 0 Å². The third-order valence-electron chi connectivity index (χ3n) is 3.65. The van der Waals surface area contributed by atoms with Gasteiger partial charge in [-0.15, -0.1) is 0 Å². The fraction of sp³-hybridized carbons (Fsp3) is 1.00. The Bertz CT molecular complexity index is 180. The summed E-state index contributed by atoms with van der Waals surface area (Å²) in [5, 5.41) is 3.47. The summed E-state index contributed by atoms with van der Waals surface area (Å²) in [5.74, 6) is 1.63. The minimum atomic E-state index is 0.453. The van der Waals surface area contributed by atoms with Crippen molar-refractivity contribution in [2.24, 2.45) is 11.8 Å². The first kappa shape index (κ1) is 14.0. The molecule has 3 atom stereocenters. The molecule has 3 unspecified atom stereocenters. The van der Waals surface area contributed by atoms with Crippen LogP contribution in [0.4, 0.5) is 0 Å². The van der Waals surface area contributed by atoms with Gasteiger partial charge in [0.15, 0.2) is 0 Å². The molecule has 0 aromatic rings. The van der Waals surface area contributed by atoms with Crippen LogP contribution < -0.4 is 5.32 Å². The predicted molar refractivity (Wildman–Crippen MR) is 69.7 cm³/mol. The molecule has 1 saturated carbocycles. The van der Waals surface area contributed by atoms with Gasteiger partial charge >= 0.3 is 0 Å². The summed E-state index contributed by atoms with van der Waals surface area (Å²) in [4.78, 5) is 0. The molecular weight excluding hydrogens is 198 g/mol. The summed E-state index contributed by atoms with van der Waals surface area (Å²) < 4.78 is 5.94. The standard InChI is InChI=1S/C14H29NO/c1-5-7-11(3)10-13(15-4)14(16-6-2)12-8-9-12/h11-15H,5-10H2,1-4H3. The van der Waals surface area contributed by atoms with Crippen molar-refractivity contribution in [3.63, 3.8) is 0 Å². The van der Waals surface area contributed by atoms with Crippen molar-refractivity contribution in [1.29, 1.82) is 0 Å². The molecule has 1 fully saturated rings. The number of ether oxygens (including phenoxy) is 1. The molecule has 0 saturated heterocycles. The van der Waals surface area contributed by atoms with E-state index in [-0.39, 0.29) is 0 Å². The van der Waals surface area contributed by atoms with Crippen LogP contribution in [-0.2, 0) is 4.74 Å². The van der Waals surface area contributed by atoms with E-state index in [1.165, 1.54) is 32.1 Å². The molecule has 1 N–H and O–H groups in total. The minimum Gasteiger partial charge on any atom is -0.377 e. The summed E-state index contributed by atoms with van der Waals surface area (Å²) in [6.07, 6.45) is 7.07. The van der Waals surface area contributed by atoms with Gasteiger partial charge in [-0.3, -0.25) is 0 Å². The van der Waals surface area contributed by atoms with Gasteiger partial charge in [0.25, 0.3) is 0 Å². The van der Waals surface area contributed by atoms with E-state index in [0.717, 1.165) is 18.4 Å². The molecule has 1 aliphatic carbocycles. The van der Waals surface area contributed by atoms with Crippen LogP contribution in [0.25, 0.3) is 0 Å². The zero-order chi connectivity index (χ0) is 12.0. The Labute approximate surface area is 101 Å². The topological polar surface area (TPSA) is 21.3 Å². The lowest BCUT2D eigenvalue weighted by Crippen LogP contribution is -2.42. The van der Waals surface area contributed by atoms with Gasteiger partial charge in [0.05, 0.1) is 6.10 Å². The van der Waals surface area contributed by atoms with Gasteiger partial charge in [0, 0.05) is 12.6 Å². The molecule has 2 nitrogen and oxygen atoms in total. The lowest BCUT2D eigenvalue weighted by Gasteiger charge is -2.29. The third kappa shape index (κ3) is 4.42. The first-order valence-electron chi connectivity index (χ1n) is 7.01. The van der Waals surface area contributed by atoms with Gasteiger partial charge in [-0.2, -0.15) is 0 Å². The molecule has 0 amide bonds. The van der Waals surface area contributed by atoms with Crippen molar-refractivity contribution in [3.05, 3.63) is 0 Å². The maximum atomic E-state index is 5.94. The maximum absolute atomic E-state index is 5.94. The van der Waals surface area contributed by atoms with Crippen LogP contribution in [0.1, 0.15) is 52.9 Å². The van der Waals surface area contributed by atoms with Crippen LogP contribution in [0.15, 0.2) is 0 Å². The van der Waals surface area contributed by atoms with Crippen molar-refractivity contribution in [3.8, 4) is 0 Å². The third-order valence-corrected chi connectivity index (χ3v) is 3.65. The summed E-state index contributed by atoms with van der Waals surface area (Å²) in [5.41, 5.74) is 0. The highest BCUT2D eigenvalue weighted by atomic mass is 16.5. The number of hydrogen-bond donors (Lipinski definition) is 1. The summed E-state index contributed by atoms with van der Waals surface area (Å²) in [6.45, 7) is 7.59. The van der Waals surface area contributed by atoms with Crippen LogP contribution in [-0.4, -0.2) is 25.8 Å². The molecule has 1 rings (SSSR count). The summed E-state index contributed by atoms with van der Waals surface area (Å²) >= 11 is 0. The van der Waals surface area contributed by atoms with Crippen molar-refractivity contribution in [2.75, 3.05) is 13.7 Å². The number of hydrogen-bond acceptors (Lipinski definition) is 2. The highest BCUT2D eigenvalue weighted by Gasteiger charge is 2.36. The second-order valence-corrected chi connectivity index (χ2v) is 5.28. The van der Waals surface area contributed by atoms with Gasteiger partial charge in [-0.1, -0.05) is 26.7 Å². The fourth-order valence-corrected chi connectivity index (χ4v) is 2.66. The van der Waals surface area contributed by atoms with Crippen LogP contribution in [0.5, 0.6) is 0 Å². The molecule has 0 spiro atoms. The Kier molecular flexibility index (Phi) is 6.37. The van der Waals surface area contributed by atoms with E-state index >= 15 is 0 Å². The Hall–Kier alpha value is -0.0800. The van der Waals surface area contributed by atoms with E-state index in [2.05, 4.69) is 33.1 Å². The van der Waals surface area contributed by atoms with E-state index < -0.39 is 0 Å². The van der Waals surface area contributed by atoms with Crippen molar-refractivity contribution in [1.82, 2.24) is 5.32 Å². The molecule has 96 valence electrons. The smallest absolute Gasteiger partial charge is 0.0755 e. The number of likely N-dealkylation sites (N-methyl/N-ethyl adjacent to an activating group) is 1. The molecule has 0 aliphatic heterocycles. The number of rotatable bonds is 9. The molecule has 0 bridgehead atoms. The quantitative estimate of drug-likeness (QED) is 0.653. The van der Waals surface area contributed by atoms with Crippen LogP contribution >= 0.6 is 0 Å². The first-order valence-corrected chi connectivity index (χ1v) is 7.01. The molecule has 1 aliphatic rings. The SMILES string of the molecule is CCCC(C)CC(NC)C(OCC)C1CC1. The molecule has 16 heavy (non-hydrogen) atoms. The summed E-state index contributed by atoms with van der Waals surface area (Å²) in [7, 11) is 2.08. The zero-order valence-electron chi connectivity index (χ0n) is 11.5. The van der Waals surface area contributed by atoms with E-state index in [0.29, 0.717) is 12.1 Å². The molecule has 0 aromatic carbocycles. The second kappa shape index (κ2) is 7.29. The average Bonchev–Trinajstić information content (AvgIpc) is 3.07. The maximum Gasteiger partial charge on any atom is 0.0755 e.